The van der Waals surface area contributed by atoms with Gasteiger partial charge in [-0.05, 0) is 37.8 Å². The summed E-state index contributed by atoms with van der Waals surface area (Å²) >= 11 is 1.76. The third-order valence-electron chi connectivity index (χ3n) is 4.43. The predicted octanol–water partition coefficient (Wildman–Crippen LogP) is 1.38. The van der Waals surface area contributed by atoms with Gasteiger partial charge in [-0.15, -0.1) is 11.3 Å². The van der Waals surface area contributed by atoms with Gasteiger partial charge in [-0.2, -0.15) is 0 Å². The van der Waals surface area contributed by atoms with Gasteiger partial charge in [-0.1, -0.05) is 6.07 Å². The van der Waals surface area contributed by atoms with Crippen LogP contribution in [0, 0.1) is 0 Å². The lowest BCUT2D eigenvalue weighted by molar-refractivity contribution is -0.123. The Kier molecular flexibility index (Phi) is 5.46. The Morgan fingerprint density at radius 3 is 3.23 bits per heavy atom. The Hall–Kier alpha value is -0.950. The second-order valence-electron chi connectivity index (χ2n) is 6.10. The first kappa shape index (κ1) is 15.9. The fraction of sp³-hybridized carbons (Fsp3) is 0.688. The maximum absolute atomic E-state index is 12.3. The number of ether oxygens (including phenoxy) is 1. The fourth-order valence-electron chi connectivity index (χ4n) is 3.25. The molecule has 5 nitrogen and oxygen atoms in total. The van der Waals surface area contributed by atoms with Crippen LogP contribution < -0.4 is 10.6 Å². The summed E-state index contributed by atoms with van der Waals surface area (Å²) < 4.78 is 5.65. The topological polar surface area (TPSA) is 53.6 Å². The lowest BCUT2D eigenvalue weighted by Crippen LogP contribution is -2.48. The number of morpholine rings is 1. The fourth-order valence-corrected chi connectivity index (χ4v) is 4.11. The van der Waals surface area contributed by atoms with Crippen molar-refractivity contribution in [3.05, 3.63) is 22.4 Å². The quantitative estimate of drug-likeness (QED) is 0.859. The van der Waals surface area contributed by atoms with E-state index in [1.54, 1.807) is 11.3 Å². The van der Waals surface area contributed by atoms with Gasteiger partial charge in [0.15, 0.2) is 0 Å². The number of hydrogen-bond acceptors (Lipinski definition) is 5. The van der Waals surface area contributed by atoms with Gasteiger partial charge in [0.1, 0.15) is 0 Å². The zero-order valence-corrected chi connectivity index (χ0v) is 13.9. The standard InChI is InChI=1S/C16H25N3O2S/c1-12-11-19(7-8-21-12)14(15-5-3-9-22-15)10-18-16(20)13-4-2-6-17-13/h3,5,9,12-14,17H,2,4,6-8,10-11H2,1H3,(H,18,20). The lowest BCUT2D eigenvalue weighted by Gasteiger charge is -2.37. The van der Waals surface area contributed by atoms with E-state index in [0.29, 0.717) is 6.54 Å². The molecule has 122 valence electrons. The van der Waals surface area contributed by atoms with E-state index < -0.39 is 0 Å². The number of carbonyl (C=O) groups excluding carboxylic acids is 1. The predicted molar refractivity (Wildman–Crippen MR) is 88.1 cm³/mol. The van der Waals surface area contributed by atoms with Crippen LogP contribution in [0.1, 0.15) is 30.7 Å². The largest absolute Gasteiger partial charge is 0.376 e. The summed E-state index contributed by atoms with van der Waals surface area (Å²) in [5, 5.41) is 8.51. The van der Waals surface area contributed by atoms with E-state index in [-0.39, 0.29) is 24.1 Å². The molecule has 3 heterocycles. The van der Waals surface area contributed by atoms with Crippen LogP contribution in [0.15, 0.2) is 17.5 Å². The SMILES string of the molecule is CC1CN(C(CNC(=O)C2CCCN2)c2cccs2)CCO1. The highest BCUT2D eigenvalue weighted by atomic mass is 32.1. The van der Waals surface area contributed by atoms with Crippen molar-refractivity contribution in [3.63, 3.8) is 0 Å². The highest BCUT2D eigenvalue weighted by molar-refractivity contribution is 7.10. The maximum Gasteiger partial charge on any atom is 0.237 e. The smallest absolute Gasteiger partial charge is 0.237 e. The lowest BCUT2D eigenvalue weighted by atomic mass is 10.1. The molecule has 0 aromatic carbocycles. The summed E-state index contributed by atoms with van der Waals surface area (Å²) in [4.78, 5) is 16.0. The van der Waals surface area contributed by atoms with Crippen molar-refractivity contribution in [3.8, 4) is 0 Å². The molecule has 2 aliphatic heterocycles. The highest BCUT2D eigenvalue weighted by Crippen LogP contribution is 2.26. The minimum atomic E-state index is -0.00685. The van der Waals surface area contributed by atoms with Gasteiger partial charge in [-0.25, -0.2) is 0 Å². The van der Waals surface area contributed by atoms with E-state index in [4.69, 9.17) is 4.74 Å². The maximum atomic E-state index is 12.3. The molecular weight excluding hydrogens is 298 g/mol. The molecule has 2 N–H and O–H groups in total. The van der Waals surface area contributed by atoms with Crippen molar-refractivity contribution in [2.45, 2.75) is 38.0 Å². The van der Waals surface area contributed by atoms with Crippen molar-refractivity contribution in [1.29, 1.82) is 0 Å². The molecule has 0 spiro atoms. The number of rotatable bonds is 5. The monoisotopic (exact) mass is 323 g/mol. The summed E-state index contributed by atoms with van der Waals surface area (Å²) in [7, 11) is 0. The van der Waals surface area contributed by atoms with Gasteiger partial charge >= 0.3 is 0 Å². The molecule has 22 heavy (non-hydrogen) atoms. The molecule has 3 atom stereocenters. The number of thiophene rings is 1. The molecule has 2 aliphatic rings. The average molecular weight is 323 g/mol. The van der Waals surface area contributed by atoms with E-state index in [2.05, 4.69) is 40.0 Å². The van der Waals surface area contributed by atoms with Gasteiger partial charge in [-0.3, -0.25) is 9.69 Å². The number of carbonyl (C=O) groups is 1. The van der Waals surface area contributed by atoms with E-state index in [0.717, 1.165) is 39.1 Å². The van der Waals surface area contributed by atoms with Crippen molar-refractivity contribution in [2.24, 2.45) is 0 Å². The summed E-state index contributed by atoms with van der Waals surface area (Å²) in [5.74, 6) is 0.139. The normalized spacial score (nSPS) is 27.7. The molecular formula is C16H25N3O2S. The number of nitrogens with one attached hydrogen (secondary N) is 2. The molecule has 2 fully saturated rings. The number of nitrogens with zero attached hydrogens (tertiary/aromatic N) is 1. The van der Waals surface area contributed by atoms with Crippen molar-refractivity contribution >= 4 is 17.2 Å². The Labute approximate surface area is 136 Å². The van der Waals surface area contributed by atoms with Crippen LogP contribution in [0.4, 0.5) is 0 Å². The molecule has 1 aromatic rings. The zero-order chi connectivity index (χ0) is 15.4. The molecule has 0 bridgehead atoms. The van der Waals surface area contributed by atoms with Gasteiger partial charge in [0, 0.05) is 24.5 Å². The van der Waals surface area contributed by atoms with Crippen LogP contribution in [0.25, 0.3) is 0 Å². The van der Waals surface area contributed by atoms with Crippen LogP contribution in [0.2, 0.25) is 0 Å². The third-order valence-corrected chi connectivity index (χ3v) is 5.40. The number of hydrogen-bond donors (Lipinski definition) is 2. The summed E-state index contributed by atoms with van der Waals surface area (Å²) in [5.41, 5.74) is 0. The molecule has 3 unspecified atom stereocenters. The van der Waals surface area contributed by atoms with E-state index in [9.17, 15) is 4.79 Å². The van der Waals surface area contributed by atoms with Crippen molar-refractivity contribution in [2.75, 3.05) is 32.8 Å². The van der Waals surface area contributed by atoms with E-state index in [1.807, 2.05) is 0 Å². The zero-order valence-electron chi connectivity index (χ0n) is 13.1. The molecule has 1 amide bonds. The average Bonchev–Trinajstić information content (AvgIpc) is 3.21. The summed E-state index contributed by atoms with van der Waals surface area (Å²) in [6.07, 6.45) is 2.29. The molecule has 1 aromatic heterocycles. The van der Waals surface area contributed by atoms with Gasteiger partial charge in [0.2, 0.25) is 5.91 Å². The Bertz CT molecular complexity index is 474. The van der Waals surface area contributed by atoms with Gasteiger partial charge in [0.25, 0.3) is 0 Å². The minimum absolute atomic E-state index is 0.00685. The second kappa shape index (κ2) is 7.55. The summed E-state index contributed by atoms with van der Waals surface area (Å²) in [6, 6.07) is 4.48. The first-order valence-electron chi connectivity index (χ1n) is 8.14. The number of amides is 1. The molecule has 6 heteroatoms. The van der Waals surface area contributed by atoms with E-state index in [1.165, 1.54) is 4.88 Å². The first-order chi connectivity index (χ1) is 10.7. The van der Waals surface area contributed by atoms with Gasteiger partial charge < -0.3 is 15.4 Å². The molecule has 2 saturated heterocycles. The highest BCUT2D eigenvalue weighted by Gasteiger charge is 2.28. The van der Waals surface area contributed by atoms with Crippen LogP contribution >= 0.6 is 11.3 Å². The Morgan fingerprint density at radius 2 is 2.55 bits per heavy atom. The van der Waals surface area contributed by atoms with E-state index >= 15 is 0 Å². The molecule has 0 saturated carbocycles. The summed E-state index contributed by atoms with van der Waals surface area (Å²) in [6.45, 7) is 6.34. The van der Waals surface area contributed by atoms with Crippen LogP contribution in [-0.2, 0) is 9.53 Å². The van der Waals surface area contributed by atoms with Crippen molar-refractivity contribution < 1.29 is 9.53 Å². The van der Waals surface area contributed by atoms with Crippen LogP contribution in [0.3, 0.4) is 0 Å². The molecule has 0 radical (unpaired) electrons. The molecule has 3 rings (SSSR count). The third kappa shape index (κ3) is 3.87. The Morgan fingerprint density at radius 1 is 1.64 bits per heavy atom. The minimum Gasteiger partial charge on any atom is -0.376 e. The Balaban J connectivity index is 1.62. The first-order valence-corrected chi connectivity index (χ1v) is 9.02. The van der Waals surface area contributed by atoms with Gasteiger partial charge in [0.05, 0.1) is 24.8 Å². The van der Waals surface area contributed by atoms with Crippen LogP contribution in [0.5, 0.6) is 0 Å². The van der Waals surface area contributed by atoms with Crippen molar-refractivity contribution in [1.82, 2.24) is 15.5 Å². The van der Waals surface area contributed by atoms with Crippen LogP contribution in [-0.4, -0.2) is 55.7 Å². The second-order valence-corrected chi connectivity index (χ2v) is 7.08. The molecule has 0 aliphatic carbocycles.